The normalized spacial score (nSPS) is 27.2. The quantitative estimate of drug-likeness (QED) is 0.797. The van der Waals surface area contributed by atoms with E-state index in [1.807, 2.05) is 35.2 Å². The molecule has 1 aromatic carbocycles. The van der Waals surface area contributed by atoms with Gasteiger partial charge in [0.15, 0.2) is 6.61 Å². The Labute approximate surface area is 163 Å². The number of carbonyl (C=O) groups excluding carboxylic acids is 1. The molecule has 5 heteroatoms. The van der Waals surface area contributed by atoms with Crippen LogP contribution in [-0.4, -0.2) is 79.1 Å². The Morgan fingerprint density at radius 3 is 2.52 bits per heavy atom. The predicted octanol–water partition coefficient (Wildman–Crippen LogP) is 2.47. The summed E-state index contributed by atoms with van der Waals surface area (Å²) in [6.45, 7) is 7.64. The number of carbonyl (C=O) groups is 1. The van der Waals surface area contributed by atoms with E-state index in [1.54, 1.807) is 0 Å². The van der Waals surface area contributed by atoms with Crippen molar-refractivity contribution in [1.29, 1.82) is 0 Å². The van der Waals surface area contributed by atoms with Crippen LogP contribution in [-0.2, 0) is 4.79 Å². The summed E-state index contributed by atoms with van der Waals surface area (Å²) in [5.41, 5.74) is 0. The number of nitrogens with zero attached hydrogens (tertiary/aromatic N) is 3. The Bertz CT molecular complexity index is 599. The highest BCUT2D eigenvalue weighted by Gasteiger charge is 2.34. The first kappa shape index (κ1) is 18.8. The molecule has 1 amide bonds. The van der Waals surface area contributed by atoms with Crippen LogP contribution in [0.5, 0.6) is 5.75 Å². The molecule has 2 atom stereocenters. The highest BCUT2D eigenvalue weighted by Crippen LogP contribution is 2.31. The Kier molecular flexibility index (Phi) is 6.30. The molecule has 0 saturated carbocycles. The van der Waals surface area contributed by atoms with Crippen molar-refractivity contribution in [3.05, 3.63) is 30.3 Å². The summed E-state index contributed by atoms with van der Waals surface area (Å²) in [6.07, 6.45) is 6.91. The zero-order valence-corrected chi connectivity index (χ0v) is 16.4. The Morgan fingerprint density at radius 2 is 1.70 bits per heavy atom. The number of hydrogen-bond donors (Lipinski definition) is 0. The zero-order valence-electron chi connectivity index (χ0n) is 16.4. The van der Waals surface area contributed by atoms with E-state index < -0.39 is 0 Å². The molecule has 0 radical (unpaired) electrons. The van der Waals surface area contributed by atoms with Crippen LogP contribution in [0, 0.1) is 5.92 Å². The lowest BCUT2D eigenvalue weighted by molar-refractivity contribution is -0.135. The maximum Gasteiger partial charge on any atom is 0.260 e. The van der Waals surface area contributed by atoms with Gasteiger partial charge in [-0.05, 0) is 56.8 Å². The number of fused-ring (bicyclic) bond motifs is 1. The van der Waals surface area contributed by atoms with Crippen molar-refractivity contribution in [3.63, 3.8) is 0 Å². The molecule has 0 aromatic heterocycles. The topological polar surface area (TPSA) is 36.0 Å². The van der Waals surface area contributed by atoms with Crippen molar-refractivity contribution < 1.29 is 9.53 Å². The van der Waals surface area contributed by atoms with Gasteiger partial charge in [0.1, 0.15) is 5.75 Å². The van der Waals surface area contributed by atoms with Crippen LogP contribution in [0.3, 0.4) is 0 Å². The number of amides is 1. The van der Waals surface area contributed by atoms with E-state index in [4.69, 9.17) is 4.74 Å². The molecular weight excluding hydrogens is 338 g/mol. The number of para-hydroxylation sites is 1. The van der Waals surface area contributed by atoms with Gasteiger partial charge in [0.2, 0.25) is 0 Å². The van der Waals surface area contributed by atoms with E-state index in [0.29, 0.717) is 0 Å². The van der Waals surface area contributed by atoms with Gasteiger partial charge >= 0.3 is 0 Å². The molecule has 27 heavy (non-hydrogen) atoms. The van der Waals surface area contributed by atoms with Crippen molar-refractivity contribution in [2.75, 3.05) is 52.4 Å². The molecule has 3 fully saturated rings. The predicted molar refractivity (Wildman–Crippen MR) is 107 cm³/mol. The van der Waals surface area contributed by atoms with Gasteiger partial charge in [-0.2, -0.15) is 0 Å². The van der Waals surface area contributed by atoms with Gasteiger partial charge in [0.25, 0.3) is 5.91 Å². The number of benzene rings is 1. The van der Waals surface area contributed by atoms with Gasteiger partial charge in [-0.15, -0.1) is 0 Å². The standard InChI is InChI=1S/C22H33N3O2/c26-22(18-27-20-8-2-1-3-9-20)25-15-13-23(14-16-25)17-19-7-6-12-24-11-5-4-10-21(19)24/h1-3,8-9,19,21H,4-7,10-18H2/t19-,21+/m0/s1. The summed E-state index contributed by atoms with van der Waals surface area (Å²) in [7, 11) is 0. The molecule has 3 aliphatic rings. The molecular formula is C22H33N3O2. The second-order valence-electron chi connectivity index (χ2n) is 8.28. The van der Waals surface area contributed by atoms with Crippen molar-refractivity contribution in [3.8, 4) is 5.75 Å². The molecule has 0 aliphatic carbocycles. The molecule has 5 nitrogen and oxygen atoms in total. The smallest absolute Gasteiger partial charge is 0.260 e. The number of hydrogen-bond acceptors (Lipinski definition) is 4. The maximum absolute atomic E-state index is 12.4. The van der Waals surface area contributed by atoms with E-state index >= 15 is 0 Å². The zero-order chi connectivity index (χ0) is 18.5. The molecule has 3 heterocycles. The average Bonchev–Trinajstić information content (AvgIpc) is 2.74. The summed E-state index contributed by atoms with van der Waals surface area (Å²) in [5, 5.41) is 0. The number of piperazine rings is 1. The first-order chi connectivity index (χ1) is 13.3. The number of piperidine rings is 2. The van der Waals surface area contributed by atoms with Crippen molar-refractivity contribution >= 4 is 5.91 Å². The van der Waals surface area contributed by atoms with Gasteiger partial charge in [0, 0.05) is 38.8 Å². The molecule has 0 N–H and O–H groups in total. The molecule has 3 saturated heterocycles. The first-order valence-corrected chi connectivity index (χ1v) is 10.7. The van der Waals surface area contributed by atoms with Crippen LogP contribution in [0.2, 0.25) is 0 Å². The molecule has 1 aromatic rings. The van der Waals surface area contributed by atoms with E-state index in [1.165, 1.54) is 51.7 Å². The SMILES string of the molecule is O=C(COc1ccccc1)N1CCN(C[C@@H]2CCCN3CCCC[C@H]23)CC1. The van der Waals surface area contributed by atoms with Crippen molar-refractivity contribution in [1.82, 2.24) is 14.7 Å². The summed E-state index contributed by atoms with van der Waals surface area (Å²) in [4.78, 5) is 19.7. The Morgan fingerprint density at radius 1 is 0.926 bits per heavy atom. The molecule has 4 rings (SSSR count). The highest BCUT2D eigenvalue weighted by atomic mass is 16.5. The van der Waals surface area contributed by atoms with Crippen LogP contribution in [0.25, 0.3) is 0 Å². The van der Waals surface area contributed by atoms with Gasteiger partial charge in [-0.1, -0.05) is 24.6 Å². The molecule has 0 unspecified atom stereocenters. The second kappa shape index (κ2) is 9.07. The molecule has 0 bridgehead atoms. The van der Waals surface area contributed by atoms with Crippen molar-refractivity contribution in [2.24, 2.45) is 5.92 Å². The fraction of sp³-hybridized carbons (Fsp3) is 0.682. The Balaban J connectivity index is 1.21. The van der Waals surface area contributed by atoms with Gasteiger partial charge in [-0.25, -0.2) is 0 Å². The van der Waals surface area contributed by atoms with Crippen molar-refractivity contribution in [2.45, 2.75) is 38.1 Å². The average molecular weight is 372 g/mol. The monoisotopic (exact) mass is 371 g/mol. The molecule has 3 aliphatic heterocycles. The van der Waals surface area contributed by atoms with Crippen LogP contribution in [0.4, 0.5) is 0 Å². The molecule has 148 valence electrons. The summed E-state index contributed by atoms with van der Waals surface area (Å²) in [5.74, 6) is 1.69. The minimum Gasteiger partial charge on any atom is -0.484 e. The third kappa shape index (κ3) is 4.82. The minimum absolute atomic E-state index is 0.106. The van der Waals surface area contributed by atoms with Crippen LogP contribution in [0.15, 0.2) is 30.3 Å². The summed E-state index contributed by atoms with van der Waals surface area (Å²) >= 11 is 0. The van der Waals surface area contributed by atoms with Crippen LogP contribution < -0.4 is 4.74 Å². The largest absolute Gasteiger partial charge is 0.484 e. The van der Waals surface area contributed by atoms with Crippen LogP contribution in [0.1, 0.15) is 32.1 Å². The third-order valence-corrected chi connectivity index (χ3v) is 6.55. The first-order valence-electron chi connectivity index (χ1n) is 10.7. The maximum atomic E-state index is 12.4. The van der Waals surface area contributed by atoms with Crippen LogP contribution >= 0.6 is 0 Å². The third-order valence-electron chi connectivity index (χ3n) is 6.55. The summed E-state index contributed by atoms with van der Waals surface area (Å²) in [6, 6.07) is 10.4. The van der Waals surface area contributed by atoms with Gasteiger partial charge < -0.3 is 14.5 Å². The lowest BCUT2D eigenvalue weighted by atomic mass is 9.83. The minimum atomic E-state index is 0.106. The Hall–Kier alpha value is -1.59. The van der Waals surface area contributed by atoms with E-state index in [0.717, 1.165) is 43.9 Å². The van der Waals surface area contributed by atoms with E-state index in [9.17, 15) is 4.79 Å². The number of rotatable bonds is 5. The lowest BCUT2D eigenvalue weighted by Gasteiger charge is -2.46. The molecule has 0 spiro atoms. The van der Waals surface area contributed by atoms with Gasteiger partial charge in [0.05, 0.1) is 0 Å². The lowest BCUT2D eigenvalue weighted by Crippen LogP contribution is -2.54. The second-order valence-corrected chi connectivity index (χ2v) is 8.28. The highest BCUT2D eigenvalue weighted by molar-refractivity contribution is 5.77. The fourth-order valence-electron chi connectivity index (χ4n) is 5.05. The van der Waals surface area contributed by atoms with Gasteiger partial charge in [-0.3, -0.25) is 9.69 Å². The van der Waals surface area contributed by atoms with E-state index in [2.05, 4.69) is 9.80 Å². The fourth-order valence-corrected chi connectivity index (χ4v) is 5.05. The van der Waals surface area contributed by atoms with E-state index in [-0.39, 0.29) is 12.5 Å². The summed E-state index contributed by atoms with van der Waals surface area (Å²) < 4.78 is 5.62. The number of ether oxygens (including phenoxy) is 1.